The van der Waals surface area contributed by atoms with Crippen LogP contribution in [0.1, 0.15) is 24.6 Å². The lowest BCUT2D eigenvalue weighted by atomic mass is 10.0. The topological polar surface area (TPSA) is 94.3 Å². The van der Waals surface area contributed by atoms with Crippen LogP contribution in [0.3, 0.4) is 0 Å². The molecule has 0 aliphatic carbocycles. The summed E-state index contributed by atoms with van der Waals surface area (Å²) in [6.07, 6.45) is 5.34. The van der Waals surface area contributed by atoms with E-state index in [4.69, 9.17) is 11.6 Å². The first-order chi connectivity index (χ1) is 16.7. The molecular formula is C25H22ClN7O. The van der Waals surface area contributed by atoms with Gasteiger partial charge in [-0.25, -0.2) is 4.79 Å². The maximum atomic E-state index is 13.3. The predicted molar refractivity (Wildman–Crippen MR) is 131 cm³/mol. The number of H-pyrrole nitrogens is 1. The van der Waals surface area contributed by atoms with Gasteiger partial charge >= 0.3 is 5.69 Å². The van der Waals surface area contributed by atoms with Crippen LogP contribution in [-0.2, 0) is 13.0 Å². The number of nitrogens with zero attached hydrogens (tertiary/aromatic N) is 6. The molecule has 0 amide bonds. The van der Waals surface area contributed by atoms with Crippen molar-refractivity contribution in [2.75, 3.05) is 0 Å². The van der Waals surface area contributed by atoms with Gasteiger partial charge in [0.1, 0.15) is 5.69 Å². The highest BCUT2D eigenvalue weighted by Gasteiger charge is 2.15. The van der Waals surface area contributed by atoms with Crippen molar-refractivity contribution in [2.24, 2.45) is 0 Å². The van der Waals surface area contributed by atoms with Gasteiger partial charge in [-0.2, -0.15) is 5.21 Å². The average molecular weight is 472 g/mol. The number of benzene rings is 2. The van der Waals surface area contributed by atoms with Gasteiger partial charge in [-0.1, -0.05) is 67.4 Å². The summed E-state index contributed by atoms with van der Waals surface area (Å²) in [5, 5.41) is 14.8. The third kappa shape index (κ3) is 4.15. The molecule has 34 heavy (non-hydrogen) atoms. The molecule has 0 spiro atoms. The van der Waals surface area contributed by atoms with Crippen LogP contribution in [0.5, 0.6) is 0 Å². The Morgan fingerprint density at radius 3 is 2.59 bits per heavy atom. The fourth-order valence-corrected chi connectivity index (χ4v) is 4.25. The number of pyridine rings is 1. The fourth-order valence-electron chi connectivity index (χ4n) is 4.02. The van der Waals surface area contributed by atoms with E-state index in [2.05, 4.69) is 32.5 Å². The second-order valence-electron chi connectivity index (χ2n) is 7.89. The first-order valence-electron chi connectivity index (χ1n) is 11.0. The molecule has 0 unspecified atom stereocenters. The molecule has 9 heteroatoms. The Balaban J connectivity index is 1.48. The smallest absolute Gasteiger partial charge is 0.292 e. The second-order valence-corrected chi connectivity index (χ2v) is 8.30. The maximum Gasteiger partial charge on any atom is 0.333 e. The van der Waals surface area contributed by atoms with Crippen molar-refractivity contribution >= 4 is 11.6 Å². The first-order valence-corrected chi connectivity index (χ1v) is 11.4. The predicted octanol–water partition coefficient (Wildman–Crippen LogP) is 4.54. The summed E-state index contributed by atoms with van der Waals surface area (Å²) in [6, 6.07) is 19.3. The summed E-state index contributed by atoms with van der Waals surface area (Å²) in [4.78, 5) is 17.7. The Kier molecular flexibility index (Phi) is 6.05. The van der Waals surface area contributed by atoms with E-state index in [0.29, 0.717) is 28.8 Å². The lowest BCUT2D eigenvalue weighted by molar-refractivity contribution is 0.691. The molecule has 3 aromatic heterocycles. The van der Waals surface area contributed by atoms with Crippen molar-refractivity contribution < 1.29 is 0 Å². The normalized spacial score (nSPS) is 11.1. The van der Waals surface area contributed by atoms with Crippen LogP contribution < -0.4 is 5.69 Å². The van der Waals surface area contributed by atoms with Crippen molar-refractivity contribution in [1.82, 2.24) is 34.7 Å². The number of imidazole rings is 1. The molecule has 0 fully saturated rings. The van der Waals surface area contributed by atoms with Crippen molar-refractivity contribution in [2.45, 2.75) is 26.3 Å². The molecule has 0 radical (unpaired) electrons. The number of nitrogens with one attached hydrogen (secondary N) is 1. The number of para-hydroxylation sites is 1. The Morgan fingerprint density at radius 2 is 1.85 bits per heavy atom. The van der Waals surface area contributed by atoms with Gasteiger partial charge in [0, 0.05) is 23.7 Å². The molecule has 0 aliphatic rings. The van der Waals surface area contributed by atoms with Crippen molar-refractivity contribution in [3.05, 3.63) is 99.8 Å². The summed E-state index contributed by atoms with van der Waals surface area (Å²) in [5.41, 5.74) is 5.12. The first kappa shape index (κ1) is 21.8. The van der Waals surface area contributed by atoms with E-state index in [1.807, 2.05) is 65.4 Å². The van der Waals surface area contributed by atoms with Crippen LogP contribution in [0.2, 0.25) is 5.02 Å². The third-order valence-electron chi connectivity index (χ3n) is 5.65. The molecule has 5 aromatic rings. The standard InChI is InChI=1S/C25H22ClN7O/c1-2-6-19-16-33(22-9-4-3-8-21(22)26)25(34)32(19)15-17-10-12-18(13-11-17)20-7-5-14-27-23(20)24-28-30-31-29-24/h3-5,7-14,16H,2,6,15H2,1H3,(H,28,29,30,31). The van der Waals surface area contributed by atoms with Gasteiger partial charge in [-0.3, -0.25) is 14.1 Å². The van der Waals surface area contributed by atoms with Gasteiger partial charge in [0.25, 0.3) is 0 Å². The number of hydrogen-bond acceptors (Lipinski definition) is 5. The summed E-state index contributed by atoms with van der Waals surface area (Å²) in [7, 11) is 0. The van der Waals surface area contributed by atoms with Gasteiger partial charge in [0.15, 0.2) is 0 Å². The van der Waals surface area contributed by atoms with Crippen LogP contribution >= 0.6 is 11.6 Å². The zero-order valence-corrected chi connectivity index (χ0v) is 19.3. The number of tetrazole rings is 1. The third-order valence-corrected chi connectivity index (χ3v) is 5.97. The molecule has 0 bridgehead atoms. The molecule has 8 nitrogen and oxygen atoms in total. The SMILES string of the molecule is CCCc1cn(-c2ccccc2Cl)c(=O)n1Cc1ccc(-c2cccnc2-c2nn[nH]n2)cc1. The molecular weight excluding hydrogens is 450 g/mol. The minimum atomic E-state index is -0.104. The number of rotatable bonds is 7. The Morgan fingerprint density at radius 1 is 1.03 bits per heavy atom. The van der Waals surface area contributed by atoms with Crippen LogP contribution in [0.15, 0.2) is 77.9 Å². The molecule has 170 valence electrons. The van der Waals surface area contributed by atoms with Crippen LogP contribution in [-0.4, -0.2) is 34.7 Å². The summed E-state index contributed by atoms with van der Waals surface area (Å²) in [6.45, 7) is 2.57. The summed E-state index contributed by atoms with van der Waals surface area (Å²) >= 11 is 6.37. The molecule has 5 rings (SSSR count). The molecule has 0 atom stereocenters. The lowest BCUT2D eigenvalue weighted by Crippen LogP contribution is -2.24. The molecule has 0 saturated carbocycles. The van der Waals surface area contributed by atoms with Crippen LogP contribution in [0, 0.1) is 0 Å². The van der Waals surface area contributed by atoms with Crippen molar-refractivity contribution in [3.63, 3.8) is 0 Å². The summed E-state index contributed by atoms with van der Waals surface area (Å²) < 4.78 is 3.45. The van der Waals surface area contributed by atoms with E-state index >= 15 is 0 Å². The highest BCUT2D eigenvalue weighted by molar-refractivity contribution is 6.32. The highest BCUT2D eigenvalue weighted by atomic mass is 35.5. The Bertz CT molecular complexity index is 1470. The van der Waals surface area contributed by atoms with Crippen molar-refractivity contribution in [1.29, 1.82) is 0 Å². The molecule has 0 aliphatic heterocycles. The molecule has 3 heterocycles. The minimum absolute atomic E-state index is 0.104. The van der Waals surface area contributed by atoms with Crippen LogP contribution in [0.25, 0.3) is 28.3 Å². The van der Waals surface area contributed by atoms with Gasteiger partial charge in [0.2, 0.25) is 5.82 Å². The van der Waals surface area contributed by atoms with Crippen LogP contribution in [0.4, 0.5) is 0 Å². The number of halogens is 1. The van der Waals surface area contributed by atoms with Gasteiger partial charge in [-0.15, -0.1) is 10.2 Å². The zero-order chi connectivity index (χ0) is 23.5. The van der Waals surface area contributed by atoms with E-state index in [9.17, 15) is 4.79 Å². The largest absolute Gasteiger partial charge is 0.333 e. The van der Waals surface area contributed by atoms with Crippen molar-refractivity contribution in [3.8, 4) is 28.3 Å². The van der Waals surface area contributed by atoms with E-state index in [1.165, 1.54) is 0 Å². The van der Waals surface area contributed by atoms with Gasteiger partial charge < -0.3 is 0 Å². The molecule has 2 aromatic carbocycles. The van der Waals surface area contributed by atoms with E-state index < -0.39 is 0 Å². The van der Waals surface area contributed by atoms with E-state index in [0.717, 1.165) is 35.2 Å². The summed E-state index contributed by atoms with van der Waals surface area (Å²) in [5.74, 6) is 0.441. The van der Waals surface area contributed by atoms with E-state index in [1.54, 1.807) is 16.8 Å². The number of aromatic nitrogens is 7. The zero-order valence-electron chi connectivity index (χ0n) is 18.5. The fraction of sp³-hybridized carbons (Fsp3) is 0.160. The number of hydrogen-bond donors (Lipinski definition) is 1. The maximum absolute atomic E-state index is 13.3. The Labute approximate surface area is 200 Å². The quantitative estimate of drug-likeness (QED) is 0.376. The number of aryl methyl sites for hydroxylation is 1. The van der Waals surface area contributed by atoms with E-state index in [-0.39, 0.29) is 5.69 Å². The Hall–Kier alpha value is -4.04. The number of aromatic amines is 1. The second kappa shape index (κ2) is 9.44. The molecule has 1 N–H and O–H groups in total. The highest BCUT2D eigenvalue weighted by Crippen LogP contribution is 2.28. The van der Waals surface area contributed by atoms with Gasteiger partial charge in [0.05, 0.1) is 17.3 Å². The monoisotopic (exact) mass is 471 g/mol. The van der Waals surface area contributed by atoms with Gasteiger partial charge in [-0.05, 0) is 41.0 Å². The molecule has 0 saturated heterocycles. The minimum Gasteiger partial charge on any atom is -0.292 e. The average Bonchev–Trinajstić information content (AvgIpc) is 3.50. The lowest BCUT2D eigenvalue weighted by Gasteiger charge is -2.09.